The molecule has 0 saturated heterocycles. The van der Waals surface area contributed by atoms with Gasteiger partial charge in [-0.1, -0.05) is 29.4 Å². The van der Waals surface area contributed by atoms with Crippen molar-refractivity contribution in [3.63, 3.8) is 0 Å². The molecular weight excluding hydrogens is 378 g/mol. The van der Waals surface area contributed by atoms with E-state index in [0.717, 1.165) is 21.9 Å². The molecule has 0 saturated carbocycles. The number of rotatable bonds is 5. The summed E-state index contributed by atoms with van der Waals surface area (Å²) in [4.78, 5) is 25.4. The summed E-state index contributed by atoms with van der Waals surface area (Å²) in [6.45, 7) is 3.72. The summed E-state index contributed by atoms with van der Waals surface area (Å²) in [5.41, 5.74) is 7.02. The van der Waals surface area contributed by atoms with Crippen molar-refractivity contribution in [2.24, 2.45) is 0 Å². The summed E-state index contributed by atoms with van der Waals surface area (Å²) < 4.78 is 5.17. The average molecular weight is 397 g/mol. The third-order valence-electron chi connectivity index (χ3n) is 4.12. The highest BCUT2D eigenvalue weighted by molar-refractivity contribution is 7.98. The fourth-order valence-electron chi connectivity index (χ4n) is 2.55. The fraction of sp³-hybridized carbons (Fsp3) is 0.150. The number of nitrogens with zero attached hydrogens (tertiary/aromatic N) is 1. The number of aromatic nitrogens is 1. The first-order valence-corrected chi connectivity index (χ1v) is 9.48. The van der Waals surface area contributed by atoms with E-state index in [9.17, 15) is 14.7 Å². The molecule has 0 aliphatic heterocycles. The monoisotopic (exact) mass is 397 g/mol. The lowest BCUT2D eigenvalue weighted by atomic mass is 10.2. The van der Waals surface area contributed by atoms with Crippen molar-refractivity contribution in [3.8, 4) is 5.75 Å². The van der Waals surface area contributed by atoms with Gasteiger partial charge in [0.25, 0.3) is 11.8 Å². The molecule has 0 aliphatic rings. The SMILES string of the molecule is Cc1noc(C)c1CSc1ccccc1C(=O)NNC(=O)c1ccccc1O. The number of aromatic hydroxyl groups is 1. The average Bonchev–Trinajstić information content (AvgIpc) is 3.02. The van der Waals surface area contributed by atoms with Crippen molar-refractivity contribution < 1.29 is 19.2 Å². The van der Waals surface area contributed by atoms with Crippen LogP contribution in [0.1, 0.15) is 37.7 Å². The molecule has 7 nitrogen and oxygen atoms in total. The third-order valence-corrected chi connectivity index (χ3v) is 5.22. The van der Waals surface area contributed by atoms with Gasteiger partial charge in [0.15, 0.2) is 0 Å². The second kappa shape index (κ2) is 8.62. The van der Waals surface area contributed by atoms with Gasteiger partial charge in [0.1, 0.15) is 11.5 Å². The third kappa shape index (κ3) is 4.34. The maximum absolute atomic E-state index is 12.5. The zero-order valence-corrected chi connectivity index (χ0v) is 16.2. The van der Waals surface area contributed by atoms with Gasteiger partial charge in [-0.25, -0.2) is 0 Å². The number of carbonyl (C=O) groups excluding carboxylic acids is 2. The van der Waals surface area contributed by atoms with Crippen LogP contribution in [0.4, 0.5) is 0 Å². The van der Waals surface area contributed by atoms with Crippen molar-refractivity contribution in [2.45, 2.75) is 24.5 Å². The lowest BCUT2D eigenvalue weighted by molar-refractivity contribution is 0.0843. The zero-order chi connectivity index (χ0) is 20.1. The molecular formula is C20H19N3O4S. The van der Waals surface area contributed by atoms with E-state index in [2.05, 4.69) is 16.0 Å². The Balaban J connectivity index is 1.67. The number of benzene rings is 2. The second-order valence-electron chi connectivity index (χ2n) is 6.01. The number of hydrogen-bond donors (Lipinski definition) is 3. The number of phenols is 1. The number of aryl methyl sites for hydroxylation is 2. The standard InChI is InChI=1S/C20H19N3O4S/c1-12-16(13(2)27-23-12)11-28-18-10-6-4-8-15(18)20(26)22-21-19(25)14-7-3-5-9-17(14)24/h3-10,24H,11H2,1-2H3,(H,21,25)(H,22,26). The molecule has 28 heavy (non-hydrogen) atoms. The Labute approximate surface area is 166 Å². The van der Waals surface area contributed by atoms with E-state index in [1.54, 1.807) is 24.3 Å². The summed E-state index contributed by atoms with van der Waals surface area (Å²) in [5.74, 6) is 0.139. The fourth-order valence-corrected chi connectivity index (χ4v) is 3.75. The van der Waals surface area contributed by atoms with E-state index in [-0.39, 0.29) is 11.3 Å². The van der Waals surface area contributed by atoms with Gasteiger partial charge in [0.2, 0.25) is 0 Å². The van der Waals surface area contributed by atoms with Crippen LogP contribution in [0.25, 0.3) is 0 Å². The predicted octanol–water partition coefficient (Wildman–Crippen LogP) is 3.36. The van der Waals surface area contributed by atoms with Crippen LogP contribution in [0.2, 0.25) is 0 Å². The van der Waals surface area contributed by atoms with E-state index < -0.39 is 11.8 Å². The first-order chi connectivity index (χ1) is 13.5. The van der Waals surface area contributed by atoms with Gasteiger partial charge < -0.3 is 9.63 Å². The summed E-state index contributed by atoms with van der Waals surface area (Å²) in [6.07, 6.45) is 0. The molecule has 0 spiro atoms. The smallest absolute Gasteiger partial charge is 0.273 e. The normalized spacial score (nSPS) is 10.5. The Morgan fingerprint density at radius 2 is 1.61 bits per heavy atom. The molecule has 0 fully saturated rings. The van der Waals surface area contributed by atoms with Gasteiger partial charge in [-0.15, -0.1) is 11.8 Å². The largest absolute Gasteiger partial charge is 0.507 e. The number of hydrazine groups is 1. The van der Waals surface area contributed by atoms with Gasteiger partial charge in [0, 0.05) is 16.2 Å². The highest BCUT2D eigenvalue weighted by Crippen LogP contribution is 2.28. The minimum Gasteiger partial charge on any atom is -0.507 e. The van der Waals surface area contributed by atoms with Crippen LogP contribution < -0.4 is 10.9 Å². The van der Waals surface area contributed by atoms with Crippen molar-refractivity contribution >= 4 is 23.6 Å². The lowest BCUT2D eigenvalue weighted by Crippen LogP contribution is -2.41. The molecule has 1 heterocycles. The molecule has 1 aromatic heterocycles. The summed E-state index contributed by atoms with van der Waals surface area (Å²) >= 11 is 1.48. The van der Waals surface area contributed by atoms with Crippen molar-refractivity contribution in [1.29, 1.82) is 0 Å². The maximum atomic E-state index is 12.5. The number of para-hydroxylation sites is 1. The number of hydrogen-bond acceptors (Lipinski definition) is 6. The van der Waals surface area contributed by atoms with Crippen LogP contribution in [0.15, 0.2) is 57.9 Å². The number of amides is 2. The van der Waals surface area contributed by atoms with Crippen LogP contribution >= 0.6 is 11.8 Å². The highest BCUT2D eigenvalue weighted by Gasteiger charge is 2.16. The number of phenolic OH excluding ortho intramolecular Hbond substituents is 1. The molecule has 144 valence electrons. The van der Waals surface area contributed by atoms with Crippen LogP contribution in [-0.2, 0) is 5.75 Å². The van der Waals surface area contributed by atoms with E-state index in [0.29, 0.717) is 11.3 Å². The molecule has 8 heteroatoms. The van der Waals surface area contributed by atoms with Crippen molar-refractivity contribution in [2.75, 3.05) is 0 Å². The molecule has 2 aromatic carbocycles. The lowest BCUT2D eigenvalue weighted by Gasteiger charge is -2.11. The summed E-state index contributed by atoms with van der Waals surface area (Å²) in [5, 5.41) is 13.7. The Bertz CT molecular complexity index is 997. The second-order valence-corrected chi connectivity index (χ2v) is 7.03. The van der Waals surface area contributed by atoms with E-state index in [1.165, 1.54) is 23.9 Å². The predicted molar refractivity (Wildman–Crippen MR) is 105 cm³/mol. The molecule has 3 N–H and O–H groups in total. The minimum atomic E-state index is -0.604. The van der Waals surface area contributed by atoms with Gasteiger partial charge in [0.05, 0.1) is 16.8 Å². The molecule has 2 amide bonds. The molecule has 3 aromatic rings. The zero-order valence-electron chi connectivity index (χ0n) is 15.4. The van der Waals surface area contributed by atoms with E-state index >= 15 is 0 Å². The summed E-state index contributed by atoms with van der Waals surface area (Å²) in [7, 11) is 0. The Hall–Kier alpha value is -3.26. The Morgan fingerprint density at radius 3 is 2.25 bits per heavy atom. The molecule has 0 aliphatic carbocycles. The summed E-state index contributed by atoms with van der Waals surface area (Å²) in [6, 6.07) is 13.2. The van der Waals surface area contributed by atoms with Gasteiger partial charge in [-0.3, -0.25) is 20.4 Å². The molecule has 0 radical (unpaired) electrons. The van der Waals surface area contributed by atoms with Crippen LogP contribution in [-0.4, -0.2) is 22.1 Å². The first kappa shape index (κ1) is 19.5. The maximum Gasteiger partial charge on any atom is 0.273 e. The van der Waals surface area contributed by atoms with Crippen LogP contribution in [0, 0.1) is 13.8 Å². The van der Waals surface area contributed by atoms with Crippen molar-refractivity contribution in [3.05, 3.63) is 76.7 Å². The van der Waals surface area contributed by atoms with Crippen molar-refractivity contribution in [1.82, 2.24) is 16.0 Å². The van der Waals surface area contributed by atoms with Gasteiger partial charge in [-0.05, 0) is 38.1 Å². The Kier molecular flexibility index (Phi) is 6.00. The molecule has 0 atom stereocenters. The number of nitrogens with one attached hydrogen (secondary N) is 2. The quantitative estimate of drug-likeness (QED) is 0.450. The van der Waals surface area contributed by atoms with E-state index in [4.69, 9.17) is 4.52 Å². The molecule has 0 unspecified atom stereocenters. The first-order valence-electron chi connectivity index (χ1n) is 8.49. The van der Waals surface area contributed by atoms with Gasteiger partial charge >= 0.3 is 0 Å². The Morgan fingerprint density at radius 1 is 1.00 bits per heavy atom. The molecule has 0 bridgehead atoms. The van der Waals surface area contributed by atoms with Crippen LogP contribution in [0.3, 0.4) is 0 Å². The minimum absolute atomic E-state index is 0.0730. The number of carbonyl (C=O) groups is 2. The van der Waals surface area contributed by atoms with Gasteiger partial charge in [-0.2, -0.15) is 0 Å². The molecule has 3 rings (SSSR count). The number of thioether (sulfide) groups is 1. The topological polar surface area (TPSA) is 104 Å². The van der Waals surface area contributed by atoms with Crippen LogP contribution in [0.5, 0.6) is 5.75 Å². The van der Waals surface area contributed by atoms with E-state index in [1.807, 2.05) is 26.0 Å². The highest BCUT2D eigenvalue weighted by atomic mass is 32.2.